The number of rotatable bonds is 4. The number of pyridine rings is 1. The average molecular weight is 449 g/mol. The molecule has 6 rings (SSSR count). The number of phenolic OH excluding ortho intramolecular Hbond substituents is 1. The van der Waals surface area contributed by atoms with Gasteiger partial charge in [0.2, 0.25) is 0 Å². The van der Waals surface area contributed by atoms with Gasteiger partial charge in [0.1, 0.15) is 17.2 Å². The molecule has 1 saturated carbocycles. The van der Waals surface area contributed by atoms with Gasteiger partial charge in [-0.2, -0.15) is 0 Å². The fourth-order valence-corrected chi connectivity index (χ4v) is 6.45. The number of sulfone groups is 1. The van der Waals surface area contributed by atoms with Crippen molar-refractivity contribution < 1.29 is 17.9 Å². The maximum Gasteiger partial charge on any atom is 0.181 e. The maximum absolute atomic E-state index is 15.0. The normalized spacial score (nSPS) is 18.2. The fraction of sp³-hybridized carbons (Fsp3) is 0.240. The van der Waals surface area contributed by atoms with Crippen LogP contribution in [0.2, 0.25) is 0 Å². The molecule has 162 valence electrons. The Balaban J connectivity index is 1.45. The molecule has 32 heavy (non-hydrogen) atoms. The van der Waals surface area contributed by atoms with Crippen LogP contribution < -0.4 is 0 Å². The Labute approximate surface area is 185 Å². The summed E-state index contributed by atoms with van der Waals surface area (Å²) in [6, 6.07) is 15.2. The summed E-state index contributed by atoms with van der Waals surface area (Å²) in [4.78, 5) is 4.91. The highest BCUT2D eigenvalue weighted by Crippen LogP contribution is 2.42. The van der Waals surface area contributed by atoms with Crippen LogP contribution in [0.15, 0.2) is 65.7 Å². The molecule has 1 N–H and O–H groups in total. The third-order valence-corrected chi connectivity index (χ3v) is 8.87. The molecule has 2 aromatic heterocycles. The molecule has 0 bridgehead atoms. The van der Waals surface area contributed by atoms with Gasteiger partial charge in [-0.3, -0.25) is 0 Å². The Morgan fingerprint density at radius 3 is 2.50 bits per heavy atom. The number of halogens is 1. The van der Waals surface area contributed by atoms with Gasteiger partial charge in [-0.05, 0) is 49.4 Å². The summed E-state index contributed by atoms with van der Waals surface area (Å²) in [6.45, 7) is 0. The second-order valence-electron chi connectivity index (χ2n) is 8.63. The molecule has 0 amide bonds. The second-order valence-corrected chi connectivity index (χ2v) is 10.9. The molecule has 2 heterocycles. The minimum absolute atomic E-state index is 0.0226. The SMILES string of the molecule is O=S(=O)(c1ccc(-c2cn3c4c(nc3cc2F)CCC4c2ccccc2O)cc1)C1CC1. The Morgan fingerprint density at radius 1 is 1.03 bits per heavy atom. The van der Waals surface area contributed by atoms with E-state index in [0.717, 1.165) is 29.8 Å². The zero-order valence-corrected chi connectivity index (χ0v) is 18.0. The van der Waals surface area contributed by atoms with Crippen LogP contribution in [0.4, 0.5) is 4.39 Å². The van der Waals surface area contributed by atoms with E-state index in [0.29, 0.717) is 29.6 Å². The van der Waals surface area contributed by atoms with E-state index in [1.165, 1.54) is 6.07 Å². The maximum atomic E-state index is 15.0. The molecular weight excluding hydrogens is 427 g/mol. The molecule has 0 radical (unpaired) electrons. The number of aromatic hydroxyl groups is 1. The van der Waals surface area contributed by atoms with Crippen molar-refractivity contribution >= 4 is 15.5 Å². The summed E-state index contributed by atoms with van der Waals surface area (Å²) in [5.74, 6) is -0.182. The van der Waals surface area contributed by atoms with Gasteiger partial charge >= 0.3 is 0 Å². The van der Waals surface area contributed by atoms with Gasteiger partial charge in [0.25, 0.3) is 0 Å². The van der Waals surface area contributed by atoms with Crippen molar-refractivity contribution in [3.8, 4) is 16.9 Å². The molecular formula is C25H21FN2O3S. The van der Waals surface area contributed by atoms with Crippen molar-refractivity contribution in [2.75, 3.05) is 0 Å². The van der Waals surface area contributed by atoms with Crippen LogP contribution in [0.1, 0.15) is 42.1 Å². The highest BCUT2D eigenvalue weighted by Gasteiger charge is 2.37. The first kappa shape index (κ1) is 19.5. The predicted octanol–water partition coefficient (Wildman–Crippen LogP) is 4.86. The number of hydrogen-bond acceptors (Lipinski definition) is 4. The van der Waals surface area contributed by atoms with Gasteiger partial charge in [0.05, 0.1) is 21.5 Å². The molecule has 2 aliphatic carbocycles. The van der Waals surface area contributed by atoms with Gasteiger partial charge in [0.15, 0.2) is 9.84 Å². The molecule has 1 unspecified atom stereocenters. The van der Waals surface area contributed by atoms with Crippen LogP contribution in [-0.4, -0.2) is 28.2 Å². The van der Waals surface area contributed by atoms with E-state index in [-0.39, 0.29) is 21.8 Å². The van der Waals surface area contributed by atoms with E-state index in [1.54, 1.807) is 42.6 Å². The first-order chi connectivity index (χ1) is 15.4. The van der Waals surface area contributed by atoms with Crippen molar-refractivity contribution in [2.24, 2.45) is 0 Å². The van der Waals surface area contributed by atoms with Crippen molar-refractivity contribution in [1.82, 2.24) is 9.38 Å². The molecule has 0 spiro atoms. The minimum Gasteiger partial charge on any atom is -0.508 e. The number of aromatic nitrogens is 2. The van der Waals surface area contributed by atoms with Crippen molar-refractivity contribution in [2.45, 2.75) is 41.7 Å². The number of para-hydroxylation sites is 1. The quantitative estimate of drug-likeness (QED) is 0.484. The Kier molecular flexibility index (Phi) is 4.21. The summed E-state index contributed by atoms with van der Waals surface area (Å²) < 4.78 is 41.9. The summed E-state index contributed by atoms with van der Waals surface area (Å²) in [5, 5.41) is 10.1. The largest absolute Gasteiger partial charge is 0.508 e. The lowest BCUT2D eigenvalue weighted by atomic mass is 9.96. The number of benzene rings is 2. The molecule has 0 aliphatic heterocycles. The highest BCUT2D eigenvalue weighted by atomic mass is 32.2. The van der Waals surface area contributed by atoms with Crippen LogP contribution in [0.3, 0.4) is 0 Å². The number of fused-ring (bicyclic) bond motifs is 3. The fourth-order valence-electron chi connectivity index (χ4n) is 4.79. The minimum atomic E-state index is -3.28. The van der Waals surface area contributed by atoms with Crippen LogP contribution in [0.5, 0.6) is 5.75 Å². The lowest BCUT2D eigenvalue weighted by molar-refractivity contribution is 0.464. The second kappa shape index (κ2) is 6.90. The van der Waals surface area contributed by atoms with Gasteiger partial charge in [-0.1, -0.05) is 30.3 Å². The molecule has 2 aromatic carbocycles. The first-order valence-electron chi connectivity index (χ1n) is 10.8. The van der Waals surface area contributed by atoms with Crippen LogP contribution in [0, 0.1) is 5.82 Å². The number of hydrogen-bond donors (Lipinski definition) is 1. The predicted molar refractivity (Wildman–Crippen MR) is 119 cm³/mol. The Bertz CT molecular complexity index is 1470. The highest BCUT2D eigenvalue weighted by molar-refractivity contribution is 7.92. The monoisotopic (exact) mass is 448 g/mol. The van der Waals surface area contributed by atoms with Crippen LogP contribution in [0.25, 0.3) is 16.8 Å². The summed E-state index contributed by atoms with van der Waals surface area (Å²) >= 11 is 0. The molecule has 2 aliphatic rings. The summed E-state index contributed by atoms with van der Waals surface area (Å²) in [7, 11) is -3.28. The van der Waals surface area contributed by atoms with E-state index in [2.05, 4.69) is 4.98 Å². The van der Waals surface area contributed by atoms with Gasteiger partial charge in [0, 0.05) is 29.3 Å². The third kappa shape index (κ3) is 2.95. The van der Waals surface area contributed by atoms with Crippen molar-refractivity contribution in [3.63, 3.8) is 0 Å². The number of aryl methyl sites for hydroxylation is 1. The van der Waals surface area contributed by atoms with E-state index < -0.39 is 15.7 Å². The smallest absolute Gasteiger partial charge is 0.181 e. The summed E-state index contributed by atoms with van der Waals surface area (Å²) in [6.07, 6.45) is 4.75. The molecule has 4 aromatic rings. The third-order valence-electron chi connectivity index (χ3n) is 6.59. The Hall–Kier alpha value is -3.19. The summed E-state index contributed by atoms with van der Waals surface area (Å²) in [5.41, 5.74) is 4.25. The first-order valence-corrected chi connectivity index (χ1v) is 12.3. The van der Waals surface area contributed by atoms with Gasteiger partial charge in [-0.15, -0.1) is 0 Å². The van der Waals surface area contributed by atoms with Crippen molar-refractivity contribution in [1.29, 1.82) is 0 Å². The molecule has 1 atom stereocenters. The van der Waals surface area contributed by atoms with Gasteiger partial charge < -0.3 is 9.51 Å². The molecule has 5 nitrogen and oxygen atoms in total. The lowest BCUT2D eigenvalue weighted by Gasteiger charge is -2.15. The zero-order valence-electron chi connectivity index (χ0n) is 17.2. The molecule has 1 fully saturated rings. The van der Waals surface area contributed by atoms with Crippen LogP contribution in [-0.2, 0) is 16.3 Å². The topological polar surface area (TPSA) is 71.7 Å². The Morgan fingerprint density at radius 2 is 1.78 bits per heavy atom. The molecule has 0 saturated heterocycles. The van der Waals surface area contributed by atoms with E-state index >= 15 is 4.39 Å². The van der Waals surface area contributed by atoms with E-state index in [4.69, 9.17) is 0 Å². The van der Waals surface area contributed by atoms with Gasteiger partial charge in [-0.25, -0.2) is 17.8 Å². The van der Waals surface area contributed by atoms with E-state index in [9.17, 15) is 13.5 Å². The van der Waals surface area contributed by atoms with Crippen molar-refractivity contribution in [3.05, 3.63) is 83.6 Å². The number of phenols is 1. The zero-order chi connectivity index (χ0) is 22.0. The number of imidazole rings is 1. The average Bonchev–Trinajstić information content (AvgIpc) is 3.49. The van der Waals surface area contributed by atoms with Crippen LogP contribution >= 0.6 is 0 Å². The lowest BCUT2D eigenvalue weighted by Crippen LogP contribution is -2.06. The van der Waals surface area contributed by atoms with E-state index in [1.807, 2.05) is 16.5 Å². The molecule has 7 heteroatoms. The number of nitrogens with zero attached hydrogens (tertiary/aromatic N) is 2. The standard InChI is InChI=1S/C25H21FN2O3S/c26-21-13-24-27-22-12-11-19(18-3-1-2-4-23(18)29)25(22)28(24)14-20(21)15-5-7-16(8-6-15)32(30,31)17-9-10-17/h1-8,13-14,17,19,29H,9-12H2.